The van der Waals surface area contributed by atoms with Crippen molar-refractivity contribution in [1.29, 1.82) is 0 Å². The number of hydrogen-bond acceptors (Lipinski definition) is 3. The lowest BCUT2D eigenvalue weighted by Crippen LogP contribution is -1.52. The largest absolute Gasteiger partial charge is 0.303 e. The molecule has 0 aromatic rings. The van der Waals surface area contributed by atoms with Crippen LogP contribution in [0.1, 0.15) is 0 Å². The van der Waals surface area contributed by atoms with Crippen molar-refractivity contribution in [1.82, 2.24) is 0 Å². The Balaban J connectivity index is 2.66. The summed E-state index contributed by atoms with van der Waals surface area (Å²) in [7, 11) is 0. The summed E-state index contributed by atoms with van der Waals surface area (Å²) in [5.41, 5.74) is 0. The Hall–Kier alpha value is 0.230. The molecule has 1 nitrogen and oxygen atoms in total. The SMILES string of the molecule is C#CC1=CS[PH](=O)S1. The van der Waals surface area contributed by atoms with Gasteiger partial charge in [-0.25, -0.2) is 0 Å². The maximum atomic E-state index is 10.6. The third-order valence-corrected chi connectivity index (χ3v) is 5.62. The van der Waals surface area contributed by atoms with Gasteiger partial charge in [0.05, 0.1) is 4.91 Å². The molecule has 1 unspecified atom stereocenters. The van der Waals surface area contributed by atoms with E-state index in [2.05, 4.69) is 5.92 Å². The minimum Gasteiger partial charge on any atom is -0.303 e. The lowest BCUT2D eigenvalue weighted by Gasteiger charge is -1.80. The van der Waals surface area contributed by atoms with Gasteiger partial charge in [-0.05, 0) is 11.4 Å². The Kier molecular flexibility index (Phi) is 2.13. The highest BCUT2D eigenvalue weighted by atomic mass is 33.1. The number of rotatable bonds is 0. The molecular formula is C4H3OPS2. The van der Waals surface area contributed by atoms with Crippen LogP contribution in [0.15, 0.2) is 10.3 Å². The van der Waals surface area contributed by atoms with Crippen LogP contribution in [0.3, 0.4) is 0 Å². The van der Waals surface area contributed by atoms with E-state index in [9.17, 15) is 4.57 Å². The Bertz CT molecular complexity index is 191. The van der Waals surface area contributed by atoms with Crippen molar-refractivity contribution in [3.63, 3.8) is 0 Å². The molecule has 0 N–H and O–H groups in total. The van der Waals surface area contributed by atoms with E-state index in [1.807, 2.05) is 0 Å². The van der Waals surface area contributed by atoms with Crippen molar-refractivity contribution < 1.29 is 4.57 Å². The third-order valence-electron chi connectivity index (χ3n) is 0.598. The minimum atomic E-state index is -1.47. The molecule has 0 saturated heterocycles. The fourth-order valence-corrected chi connectivity index (χ4v) is 5.06. The third kappa shape index (κ3) is 1.35. The predicted molar refractivity (Wildman–Crippen MR) is 41.1 cm³/mol. The first-order chi connectivity index (χ1) is 3.83. The van der Waals surface area contributed by atoms with Crippen LogP contribution in [0.4, 0.5) is 0 Å². The Labute approximate surface area is 56.6 Å². The Morgan fingerprint density at radius 3 is 2.88 bits per heavy atom. The molecule has 1 heterocycles. The summed E-state index contributed by atoms with van der Waals surface area (Å²) < 4.78 is 10.6. The van der Waals surface area contributed by atoms with E-state index >= 15 is 0 Å². The van der Waals surface area contributed by atoms with Crippen molar-refractivity contribution in [3.8, 4) is 12.3 Å². The topological polar surface area (TPSA) is 17.1 Å². The molecular weight excluding hydrogens is 159 g/mol. The van der Waals surface area contributed by atoms with Gasteiger partial charge >= 0.3 is 0 Å². The van der Waals surface area contributed by atoms with E-state index < -0.39 is 6.20 Å². The molecule has 1 aliphatic heterocycles. The van der Waals surface area contributed by atoms with Gasteiger partial charge in [-0.2, -0.15) is 0 Å². The van der Waals surface area contributed by atoms with Gasteiger partial charge in [-0.3, -0.25) is 0 Å². The highest BCUT2D eigenvalue weighted by molar-refractivity contribution is 8.87. The van der Waals surface area contributed by atoms with Crippen LogP contribution >= 0.6 is 29.0 Å². The molecule has 1 aliphatic rings. The molecule has 0 saturated carbocycles. The van der Waals surface area contributed by atoms with E-state index in [0.717, 1.165) is 4.91 Å². The molecule has 1 rings (SSSR count). The zero-order valence-electron chi connectivity index (χ0n) is 3.88. The number of hydrogen-bond donors (Lipinski definition) is 0. The standard InChI is InChI=1S/C4H3OPS2/c1-2-4-3-7-6(5)8-4/h1,3,6H. The van der Waals surface area contributed by atoms with Crippen molar-refractivity contribution in [2.75, 3.05) is 0 Å². The summed E-state index contributed by atoms with van der Waals surface area (Å²) in [5.74, 6) is 2.42. The fraction of sp³-hybridized carbons (Fsp3) is 0. The quantitative estimate of drug-likeness (QED) is 0.402. The van der Waals surface area contributed by atoms with Crippen LogP contribution in [0.5, 0.6) is 0 Å². The van der Waals surface area contributed by atoms with E-state index in [4.69, 9.17) is 6.42 Å². The normalized spacial score (nSPS) is 26.9. The maximum Gasteiger partial charge on any atom is 0.189 e. The highest BCUT2D eigenvalue weighted by Crippen LogP contribution is 2.60. The van der Waals surface area contributed by atoms with Crippen LogP contribution in [0.2, 0.25) is 0 Å². The van der Waals surface area contributed by atoms with Gasteiger partial charge in [0.25, 0.3) is 0 Å². The first kappa shape index (κ1) is 6.35. The van der Waals surface area contributed by atoms with Gasteiger partial charge < -0.3 is 4.57 Å². The average Bonchev–Trinajstić information content (AvgIpc) is 2.14. The fourth-order valence-electron chi connectivity index (χ4n) is 0.303. The molecule has 0 radical (unpaired) electrons. The van der Waals surface area contributed by atoms with Crippen molar-refractivity contribution >= 4 is 29.0 Å². The van der Waals surface area contributed by atoms with Crippen LogP contribution in [-0.4, -0.2) is 0 Å². The van der Waals surface area contributed by atoms with E-state index in [0.29, 0.717) is 0 Å². The summed E-state index contributed by atoms with van der Waals surface area (Å²) >= 11 is 2.63. The van der Waals surface area contributed by atoms with Gasteiger partial charge in [-0.1, -0.05) is 17.3 Å². The molecule has 4 heteroatoms. The zero-order chi connectivity index (χ0) is 5.98. The number of terminal acetylenes is 1. The zero-order valence-corrected chi connectivity index (χ0v) is 6.51. The smallest absolute Gasteiger partial charge is 0.189 e. The first-order valence-electron chi connectivity index (χ1n) is 1.88. The van der Waals surface area contributed by atoms with Crippen LogP contribution in [-0.2, 0) is 4.57 Å². The Morgan fingerprint density at radius 2 is 2.62 bits per heavy atom. The molecule has 0 fully saturated rings. The second-order valence-electron chi connectivity index (χ2n) is 1.10. The highest BCUT2D eigenvalue weighted by Gasteiger charge is 2.09. The summed E-state index contributed by atoms with van der Waals surface area (Å²) in [4.78, 5) is 0.805. The Morgan fingerprint density at radius 1 is 1.88 bits per heavy atom. The monoisotopic (exact) mass is 162 g/mol. The molecule has 42 valence electrons. The van der Waals surface area contributed by atoms with E-state index in [1.165, 1.54) is 22.8 Å². The molecule has 0 spiro atoms. The van der Waals surface area contributed by atoms with Crippen LogP contribution in [0, 0.1) is 12.3 Å². The second-order valence-corrected chi connectivity index (χ2v) is 7.03. The minimum absolute atomic E-state index is 0.805. The van der Waals surface area contributed by atoms with Crippen LogP contribution < -0.4 is 0 Å². The van der Waals surface area contributed by atoms with E-state index in [1.54, 1.807) is 5.41 Å². The summed E-state index contributed by atoms with van der Waals surface area (Å²) in [6, 6.07) is 0. The van der Waals surface area contributed by atoms with Crippen molar-refractivity contribution in [2.45, 2.75) is 0 Å². The summed E-state index contributed by atoms with van der Waals surface area (Å²) in [6.45, 7) is 0. The lowest BCUT2D eigenvalue weighted by molar-refractivity contribution is 0.603. The number of allylic oxidation sites excluding steroid dienone is 1. The maximum absolute atomic E-state index is 10.6. The van der Waals surface area contributed by atoms with E-state index in [-0.39, 0.29) is 0 Å². The molecule has 0 aliphatic carbocycles. The summed E-state index contributed by atoms with van der Waals surface area (Å²) in [6.07, 6.45) is 3.55. The molecule has 0 bridgehead atoms. The van der Waals surface area contributed by atoms with Gasteiger partial charge in [0, 0.05) is 5.41 Å². The van der Waals surface area contributed by atoms with Crippen molar-refractivity contribution in [3.05, 3.63) is 10.3 Å². The molecule has 0 amide bonds. The average molecular weight is 162 g/mol. The first-order valence-corrected chi connectivity index (χ1v) is 6.43. The molecule has 0 aromatic heterocycles. The predicted octanol–water partition coefficient (Wildman–Crippen LogP) is 2.33. The van der Waals surface area contributed by atoms with Crippen LogP contribution in [0.25, 0.3) is 0 Å². The van der Waals surface area contributed by atoms with Gasteiger partial charge in [0.15, 0.2) is 6.20 Å². The lowest BCUT2D eigenvalue weighted by atomic mass is 10.7. The molecule has 0 aromatic carbocycles. The van der Waals surface area contributed by atoms with Crippen molar-refractivity contribution in [2.24, 2.45) is 0 Å². The molecule has 1 atom stereocenters. The molecule has 8 heavy (non-hydrogen) atoms. The van der Waals surface area contributed by atoms with Gasteiger partial charge in [0.1, 0.15) is 0 Å². The second kappa shape index (κ2) is 2.68. The van der Waals surface area contributed by atoms with Gasteiger partial charge in [-0.15, -0.1) is 6.42 Å². The summed E-state index contributed by atoms with van der Waals surface area (Å²) in [5, 5.41) is 1.77. The van der Waals surface area contributed by atoms with Gasteiger partial charge in [0.2, 0.25) is 0 Å².